The minimum Gasteiger partial charge on any atom is -0.402 e. The monoisotopic (exact) mass is 163 g/mol. The smallest absolute Gasteiger partial charge is 0.303 e. The average Bonchev–Trinajstić information content (AvgIpc) is 2.72. The molecule has 0 amide bonds. The molecule has 62 valence electrons. The molecule has 0 aromatic heterocycles. The van der Waals surface area contributed by atoms with Gasteiger partial charge in [-0.05, 0) is 6.42 Å². The molecule has 1 aliphatic heterocycles. The van der Waals surface area contributed by atoms with Crippen molar-refractivity contribution in [1.29, 1.82) is 0 Å². The lowest BCUT2D eigenvalue weighted by molar-refractivity contribution is 0.309. The van der Waals surface area contributed by atoms with Gasteiger partial charge in [0.05, 0.1) is 0 Å². The van der Waals surface area contributed by atoms with Gasteiger partial charge in [0.2, 0.25) is 0 Å². The summed E-state index contributed by atoms with van der Waals surface area (Å²) in [6, 6.07) is 0.884. The van der Waals surface area contributed by atoms with Gasteiger partial charge < -0.3 is 14.2 Å². The second kappa shape index (κ2) is 7.21. The van der Waals surface area contributed by atoms with Crippen molar-refractivity contribution in [2.24, 2.45) is 0 Å². The summed E-state index contributed by atoms with van der Waals surface area (Å²) in [6.07, 6.45) is 1.31. The molecule has 0 saturated carbocycles. The molecular formula is C6H17NO2Si. The van der Waals surface area contributed by atoms with Gasteiger partial charge in [0.15, 0.2) is 0 Å². The van der Waals surface area contributed by atoms with Crippen LogP contribution in [0.15, 0.2) is 0 Å². The van der Waals surface area contributed by atoms with Gasteiger partial charge in [-0.15, -0.1) is 0 Å². The van der Waals surface area contributed by atoms with Crippen molar-refractivity contribution in [3.63, 3.8) is 0 Å². The van der Waals surface area contributed by atoms with Crippen LogP contribution in [-0.2, 0) is 8.85 Å². The normalized spacial score (nSPS) is 21.3. The highest BCUT2D eigenvalue weighted by Gasteiger charge is 2.15. The molecule has 1 heterocycles. The van der Waals surface area contributed by atoms with Gasteiger partial charge in [0, 0.05) is 26.8 Å². The van der Waals surface area contributed by atoms with Crippen molar-refractivity contribution in [2.75, 3.05) is 20.8 Å². The molecule has 0 spiro atoms. The van der Waals surface area contributed by atoms with Crippen LogP contribution in [0.2, 0.25) is 0 Å². The van der Waals surface area contributed by atoms with E-state index in [1.807, 2.05) is 0 Å². The molecule has 1 fully saturated rings. The molecule has 1 atom stereocenters. The zero-order chi connectivity index (χ0) is 7.82. The van der Waals surface area contributed by atoms with Crippen molar-refractivity contribution in [2.45, 2.75) is 19.4 Å². The van der Waals surface area contributed by atoms with E-state index < -0.39 is 10.0 Å². The first-order chi connectivity index (χ1) is 4.85. The Hall–Kier alpha value is 0.0969. The highest BCUT2D eigenvalue weighted by Crippen LogP contribution is 1.98. The van der Waals surface area contributed by atoms with E-state index in [-0.39, 0.29) is 0 Å². The number of rotatable bonds is 3. The molecule has 1 unspecified atom stereocenters. The Balaban J connectivity index is 0.000000162. The van der Waals surface area contributed by atoms with Crippen molar-refractivity contribution >= 4 is 10.0 Å². The van der Waals surface area contributed by atoms with E-state index >= 15 is 0 Å². The van der Waals surface area contributed by atoms with Crippen LogP contribution >= 0.6 is 0 Å². The standard InChI is InChI=1S/C4H9N.C2H8O2Si/c1-2-4-3-5-4;1-3-5-4-2/h4-5H,2-3H2,1H3;5H2,1-2H3. The zero-order valence-electron chi connectivity index (χ0n) is 7.02. The Morgan fingerprint density at radius 1 is 1.50 bits per heavy atom. The summed E-state index contributed by atoms with van der Waals surface area (Å²) in [5, 5.41) is 3.18. The van der Waals surface area contributed by atoms with E-state index in [1.54, 1.807) is 14.2 Å². The van der Waals surface area contributed by atoms with Gasteiger partial charge in [0.1, 0.15) is 0 Å². The predicted octanol–water partition coefficient (Wildman–Crippen LogP) is -0.354. The number of nitrogens with one attached hydrogen (secondary N) is 1. The van der Waals surface area contributed by atoms with E-state index in [0.717, 1.165) is 6.04 Å². The van der Waals surface area contributed by atoms with Gasteiger partial charge in [-0.3, -0.25) is 0 Å². The molecule has 3 nitrogen and oxygen atoms in total. The van der Waals surface area contributed by atoms with Crippen LogP contribution in [0.25, 0.3) is 0 Å². The molecule has 4 heteroatoms. The van der Waals surface area contributed by atoms with Crippen LogP contribution in [0.4, 0.5) is 0 Å². The van der Waals surface area contributed by atoms with Crippen molar-refractivity contribution in [1.82, 2.24) is 5.32 Å². The Kier molecular flexibility index (Phi) is 7.28. The Labute approximate surface area is 65.2 Å². The topological polar surface area (TPSA) is 40.4 Å². The van der Waals surface area contributed by atoms with Gasteiger partial charge in [-0.2, -0.15) is 0 Å². The maximum Gasteiger partial charge on any atom is 0.303 e. The second-order valence-corrected chi connectivity index (χ2v) is 3.60. The SMILES string of the molecule is CCC1CN1.CO[SiH2]OC. The molecular weight excluding hydrogens is 146 g/mol. The largest absolute Gasteiger partial charge is 0.402 e. The first kappa shape index (κ1) is 10.1. The number of hydrogen-bond donors (Lipinski definition) is 1. The Morgan fingerprint density at radius 3 is 2.00 bits per heavy atom. The Bertz CT molecular complexity index is 66.8. The molecule has 0 radical (unpaired) electrons. The predicted molar refractivity (Wildman–Crippen MR) is 44.6 cm³/mol. The summed E-state index contributed by atoms with van der Waals surface area (Å²) in [6.45, 7) is 3.46. The van der Waals surface area contributed by atoms with E-state index in [4.69, 9.17) is 0 Å². The van der Waals surface area contributed by atoms with E-state index in [0.29, 0.717) is 0 Å². The van der Waals surface area contributed by atoms with Crippen LogP contribution < -0.4 is 5.32 Å². The zero-order valence-corrected chi connectivity index (χ0v) is 8.43. The van der Waals surface area contributed by atoms with Crippen molar-refractivity contribution in [3.8, 4) is 0 Å². The molecule has 0 bridgehead atoms. The lowest BCUT2D eigenvalue weighted by atomic mass is 10.4. The van der Waals surface area contributed by atoms with Gasteiger partial charge in [-0.25, -0.2) is 0 Å². The van der Waals surface area contributed by atoms with Gasteiger partial charge in [-0.1, -0.05) is 6.92 Å². The van der Waals surface area contributed by atoms with Crippen LogP contribution in [0, 0.1) is 0 Å². The molecule has 0 aliphatic carbocycles. The first-order valence-corrected chi connectivity index (χ1v) is 4.71. The van der Waals surface area contributed by atoms with Crippen LogP contribution in [0.5, 0.6) is 0 Å². The minimum atomic E-state index is -0.568. The summed E-state index contributed by atoms with van der Waals surface area (Å²) >= 11 is 0. The fourth-order valence-electron chi connectivity index (χ4n) is 0.490. The molecule has 1 saturated heterocycles. The summed E-state index contributed by atoms with van der Waals surface area (Å²) in [7, 11) is 2.73. The van der Waals surface area contributed by atoms with E-state index in [1.165, 1.54) is 13.0 Å². The highest BCUT2D eigenvalue weighted by molar-refractivity contribution is 6.17. The average molecular weight is 163 g/mol. The van der Waals surface area contributed by atoms with Crippen LogP contribution in [-0.4, -0.2) is 36.8 Å². The van der Waals surface area contributed by atoms with Crippen LogP contribution in [0.1, 0.15) is 13.3 Å². The van der Waals surface area contributed by atoms with Crippen molar-refractivity contribution in [3.05, 3.63) is 0 Å². The molecule has 10 heavy (non-hydrogen) atoms. The number of hydrogen-bond acceptors (Lipinski definition) is 3. The van der Waals surface area contributed by atoms with Gasteiger partial charge in [0.25, 0.3) is 0 Å². The van der Waals surface area contributed by atoms with E-state index in [2.05, 4.69) is 21.1 Å². The summed E-state index contributed by atoms with van der Waals surface area (Å²) in [5.74, 6) is 0. The summed E-state index contributed by atoms with van der Waals surface area (Å²) in [5.41, 5.74) is 0. The third-order valence-electron chi connectivity index (χ3n) is 1.22. The Morgan fingerprint density at radius 2 is 2.00 bits per heavy atom. The molecule has 0 aromatic carbocycles. The third-order valence-corrected chi connectivity index (χ3v) is 1.69. The maximum absolute atomic E-state index is 4.61. The van der Waals surface area contributed by atoms with Crippen molar-refractivity contribution < 1.29 is 8.85 Å². The van der Waals surface area contributed by atoms with Gasteiger partial charge >= 0.3 is 10.0 Å². The van der Waals surface area contributed by atoms with Crippen LogP contribution in [0.3, 0.4) is 0 Å². The molecule has 1 N–H and O–H groups in total. The summed E-state index contributed by atoms with van der Waals surface area (Å²) < 4.78 is 9.22. The molecule has 0 aromatic rings. The lowest BCUT2D eigenvalue weighted by Gasteiger charge is -1.86. The third kappa shape index (κ3) is 8.10. The maximum atomic E-state index is 4.61. The summed E-state index contributed by atoms with van der Waals surface area (Å²) in [4.78, 5) is 0. The van der Waals surface area contributed by atoms with E-state index in [9.17, 15) is 0 Å². The lowest BCUT2D eigenvalue weighted by Crippen LogP contribution is -1.93. The second-order valence-electron chi connectivity index (χ2n) is 2.21. The fraction of sp³-hybridized carbons (Fsp3) is 1.00. The molecule has 1 rings (SSSR count). The quantitative estimate of drug-likeness (QED) is 0.456. The fourth-order valence-corrected chi connectivity index (χ4v) is 0.726. The molecule has 1 aliphatic rings. The highest BCUT2D eigenvalue weighted by atomic mass is 28.3. The first-order valence-electron chi connectivity index (χ1n) is 3.56. The minimum absolute atomic E-state index is 0.568.